The molecule has 1 rings (SSSR count). The first kappa shape index (κ1) is 13.2. The molecular formula is C9H12N2O5S. The molecule has 0 aliphatic rings. The minimum atomic E-state index is -1.46. The zero-order valence-electron chi connectivity index (χ0n) is 9.51. The molecule has 0 radical (unpaired) electrons. The van der Waals surface area contributed by atoms with E-state index >= 15 is 0 Å². The molecule has 1 aromatic heterocycles. The summed E-state index contributed by atoms with van der Waals surface area (Å²) in [6.45, 7) is 5.19. The van der Waals surface area contributed by atoms with Gasteiger partial charge in [0, 0.05) is 0 Å². The van der Waals surface area contributed by atoms with E-state index in [1.165, 1.54) is 5.38 Å². The molecule has 1 aromatic rings. The predicted octanol–water partition coefficient (Wildman–Crippen LogP) is 2.55. The molecule has 0 spiro atoms. The molecule has 94 valence electrons. The van der Waals surface area contributed by atoms with Gasteiger partial charge in [0.25, 0.3) is 0 Å². The molecule has 0 saturated carbocycles. The summed E-state index contributed by atoms with van der Waals surface area (Å²) in [6.07, 6.45) is -2.12. The lowest BCUT2D eigenvalue weighted by atomic mass is 10.2. The summed E-state index contributed by atoms with van der Waals surface area (Å²) in [4.78, 5) is 25.3. The lowest BCUT2D eigenvalue weighted by molar-refractivity contribution is 0.0636. The Bertz CT molecular complexity index is 423. The molecule has 8 heteroatoms. The minimum Gasteiger partial charge on any atom is -0.449 e. The number of anilines is 1. The van der Waals surface area contributed by atoms with Crippen molar-refractivity contribution in [2.45, 2.75) is 26.4 Å². The van der Waals surface area contributed by atoms with Crippen molar-refractivity contribution in [3.8, 4) is 5.88 Å². The Kier molecular flexibility index (Phi) is 3.89. The van der Waals surface area contributed by atoms with Gasteiger partial charge in [-0.1, -0.05) is 0 Å². The first-order valence-corrected chi connectivity index (χ1v) is 5.50. The van der Waals surface area contributed by atoms with Crippen LogP contribution in [0.4, 0.5) is 14.7 Å². The van der Waals surface area contributed by atoms with Crippen molar-refractivity contribution in [1.82, 2.24) is 4.98 Å². The van der Waals surface area contributed by atoms with Crippen LogP contribution in [0.2, 0.25) is 0 Å². The van der Waals surface area contributed by atoms with Gasteiger partial charge in [-0.25, -0.2) is 9.59 Å². The van der Waals surface area contributed by atoms with Gasteiger partial charge in [0.05, 0.1) is 5.38 Å². The summed E-state index contributed by atoms with van der Waals surface area (Å²) in [5.41, 5.74) is -0.609. The second-order valence-electron chi connectivity index (χ2n) is 3.99. The molecule has 0 atom stereocenters. The van der Waals surface area contributed by atoms with Gasteiger partial charge in [0.2, 0.25) is 5.88 Å². The van der Waals surface area contributed by atoms with Crippen LogP contribution in [0.5, 0.6) is 5.88 Å². The number of thiazole rings is 1. The highest BCUT2D eigenvalue weighted by Gasteiger charge is 2.17. The predicted molar refractivity (Wildman–Crippen MR) is 60.6 cm³/mol. The van der Waals surface area contributed by atoms with E-state index in [0.717, 1.165) is 11.3 Å². The Hall–Kier alpha value is -1.83. The van der Waals surface area contributed by atoms with E-state index in [9.17, 15) is 9.59 Å². The lowest BCUT2D eigenvalue weighted by Crippen LogP contribution is -2.27. The first-order valence-electron chi connectivity index (χ1n) is 4.62. The molecule has 17 heavy (non-hydrogen) atoms. The molecule has 0 unspecified atom stereocenters. The van der Waals surface area contributed by atoms with Gasteiger partial charge in [-0.2, -0.15) is 4.98 Å². The van der Waals surface area contributed by atoms with Gasteiger partial charge in [-0.15, -0.1) is 11.3 Å². The number of ether oxygens (including phenoxy) is 2. The standard InChI is InChI=1S/C9H12N2O5S/c1-9(2,3)16-7(12)11-6-10-5(4-17-6)15-8(13)14/h4H,1-3H3,(H,13,14)(H,10,11,12). The van der Waals surface area contributed by atoms with Crippen molar-refractivity contribution in [2.75, 3.05) is 5.32 Å². The Morgan fingerprint density at radius 1 is 1.47 bits per heavy atom. The SMILES string of the molecule is CC(C)(C)OC(=O)Nc1nc(OC(=O)O)cs1. The molecule has 1 heterocycles. The smallest absolute Gasteiger partial charge is 0.449 e. The number of nitrogens with one attached hydrogen (secondary N) is 1. The third-order valence-electron chi connectivity index (χ3n) is 1.28. The van der Waals surface area contributed by atoms with Crippen molar-refractivity contribution >= 4 is 28.7 Å². The van der Waals surface area contributed by atoms with E-state index in [1.807, 2.05) is 0 Å². The molecule has 0 fully saturated rings. The van der Waals surface area contributed by atoms with E-state index in [4.69, 9.17) is 9.84 Å². The fourth-order valence-electron chi connectivity index (χ4n) is 0.844. The fourth-order valence-corrected chi connectivity index (χ4v) is 1.44. The van der Waals surface area contributed by atoms with Crippen molar-refractivity contribution in [2.24, 2.45) is 0 Å². The van der Waals surface area contributed by atoms with E-state index in [0.29, 0.717) is 0 Å². The molecular weight excluding hydrogens is 248 g/mol. The second-order valence-corrected chi connectivity index (χ2v) is 4.84. The highest BCUT2D eigenvalue weighted by atomic mass is 32.1. The Labute approximate surface area is 101 Å². The summed E-state index contributed by atoms with van der Waals surface area (Å²) in [5.74, 6) is -0.0893. The number of hydrogen-bond acceptors (Lipinski definition) is 6. The van der Waals surface area contributed by atoms with E-state index in [1.54, 1.807) is 20.8 Å². The zero-order chi connectivity index (χ0) is 13.1. The Morgan fingerprint density at radius 3 is 2.65 bits per heavy atom. The number of carboxylic acid groups (broad SMARTS) is 1. The molecule has 1 amide bonds. The van der Waals surface area contributed by atoms with Gasteiger partial charge in [0.15, 0.2) is 5.13 Å². The van der Waals surface area contributed by atoms with Crippen LogP contribution in [0.15, 0.2) is 5.38 Å². The largest absolute Gasteiger partial charge is 0.512 e. The van der Waals surface area contributed by atoms with Gasteiger partial charge in [-0.3, -0.25) is 5.32 Å². The summed E-state index contributed by atoms with van der Waals surface area (Å²) < 4.78 is 9.29. The Balaban J connectivity index is 2.55. The van der Waals surface area contributed by atoms with Crippen molar-refractivity contribution in [3.63, 3.8) is 0 Å². The van der Waals surface area contributed by atoms with Gasteiger partial charge in [0.1, 0.15) is 5.60 Å². The molecule has 0 aromatic carbocycles. The average Bonchev–Trinajstić information content (AvgIpc) is 2.46. The number of aromatic nitrogens is 1. The molecule has 0 saturated heterocycles. The van der Waals surface area contributed by atoms with Crippen LogP contribution >= 0.6 is 11.3 Å². The van der Waals surface area contributed by atoms with Crippen LogP contribution < -0.4 is 10.1 Å². The van der Waals surface area contributed by atoms with Gasteiger partial charge < -0.3 is 14.6 Å². The normalized spacial score (nSPS) is 10.8. The van der Waals surface area contributed by atoms with Crippen LogP contribution in [-0.2, 0) is 4.74 Å². The average molecular weight is 260 g/mol. The quantitative estimate of drug-likeness (QED) is 0.793. The van der Waals surface area contributed by atoms with Crippen LogP contribution in [0.25, 0.3) is 0 Å². The summed E-state index contributed by atoms with van der Waals surface area (Å²) in [6, 6.07) is 0. The maximum atomic E-state index is 11.3. The fraction of sp³-hybridized carbons (Fsp3) is 0.444. The Morgan fingerprint density at radius 2 is 2.12 bits per heavy atom. The van der Waals surface area contributed by atoms with Gasteiger partial charge in [-0.05, 0) is 20.8 Å². The molecule has 7 nitrogen and oxygen atoms in total. The maximum Gasteiger partial charge on any atom is 0.512 e. The number of nitrogens with zero attached hydrogens (tertiary/aromatic N) is 1. The molecule has 2 N–H and O–H groups in total. The summed E-state index contributed by atoms with van der Waals surface area (Å²) >= 11 is 1.03. The highest BCUT2D eigenvalue weighted by Crippen LogP contribution is 2.21. The minimum absolute atomic E-state index is 0.0893. The maximum absolute atomic E-state index is 11.3. The topological polar surface area (TPSA) is 97.8 Å². The second kappa shape index (κ2) is 5.00. The highest BCUT2D eigenvalue weighted by molar-refractivity contribution is 7.14. The third-order valence-corrected chi connectivity index (χ3v) is 2.02. The van der Waals surface area contributed by atoms with Crippen molar-refractivity contribution in [3.05, 3.63) is 5.38 Å². The summed E-state index contributed by atoms with van der Waals surface area (Å²) in [7, 11) is 0. The van der Waals surface area contributed by atoms with Crippen LogP contribution in [0, 0.1) is 0 Å². The number of carbonyl (C=O) groups is 2. The van der Waals surface area contributed by atoms with Crippen molar-refractivity contribution in [1.29, 1.82) is 0 Å². The lowest BCUT2D eigenvalue weighted by Gasteiger charge is -2.18. The number of rotatable bonds is 2. The van der Waals surface area contributed by atoms with Gasteiger partial charge >= 0.3 is 12.2 Å². The zero-order valence-corrected chi connectivity index (χ0v) is 10.3. The third kappa shape index (κ3) is 5.16. The van der Waals surface area contributed by atoms with Crippen LogP contribution in [0.1, 0.15) is 20.8 Å². The molecule has 0 aliphatic heterocycles. The van der Waals surface area contributed by atoms with Crippen LogP contribution in [-0.4, -0.2) is 27.9 Å². The van der Waals surface area contributed by atoms with Crippen LogP contribution in [0.3, 0.4) is 0 Å². The monoisotopic (exact) mass is 260 g/mol. The first-order chi connectivity index (χ1) is 7.76. The van der Waals surface area contributed by atoms with Crippen molar-refractivity contribution < 1.29 is 24.2 Å². The molecule has 0 aliphatic carbocycles. The number of hydrogen-bond donors (Lipinski definition) is 2. The van der Waals surface area contributed by atoms with E-state index < -0.39 is 17.8 Å². The molecule has 0 bridgehead atoms. The number of carbonyl (C=O) groups excluding carboxylic acids is 1. The summed E-state index contributed by atoms with van der Waals surface area (Å²) in [5, 5.41) is 12.3. The van der Waals surface area contributed by atoms with E-state index in [2.05, 4.69) is 15.0 Å². The number of amides is 1. The van der Waals surface area contributed by atoms with E-state index in [-0.39, 0.29) is 11.0 Å².